The molecule has 1 heterocycles. The molecule has 0 saturated carbocycles. The summed E-state index contributed by atoms with van der Waals surface area (Å²) in [5.74, 6) is 0.759. The van der Waals surface area contributed by atoms with Gasteiger partial charge in [-0.3, -0.25) is 4.98 Å². The van der Waals surface area contributed by atoms with Gasteiger partial charge in [0.1, 0.15) is 5.82 Å². The molecule has 2 aromatic rings. The number of rotatable bonds is 5. The highest BCUT2D eigenvalue weighted by Crippen LogP contribution is 2.17. The molecule has 1 N–H and O–H groups in total. The SMILES string of the molecule is CNc1cnc(COC(C)c2ccccc2)cn1. The monoisotopic (exact) mass is 243 g/mol. The third kappa shape index (κ3) is 3.28. The quantitative estimate of drug-likeness (QED) is 0.877. The zero-order valence-electron chi connectivity index (χ0n) is 10.6. The Balaban J connectivity index is 1.91. The van der Waals surface area contributed by atoms with Gasteiger partial charge in [-0.15, -0.1) is 0 Å². The van der Waals surface area contributed by atoms with E-state index in [0.717, 1.165) is 17.1 Å². The summed E-state index contributed by atoms with van der Waals surface area (Å²) in [7, 11) is 1.82. The Kier molecular flexibility index (Phi) is 4.25. The topological polar surface area (TPSA) is 47.0 Å². The van der Waals surface area contributed by atoms with E-state index in [2.05, 4.69) is 27.4 Å². The number of hydrogen-bond acceptors (Lipinski definition) is 4. The average molecular weight is 243 g/mol. The van der Waals surface area contributed by atoms with Crippen molar-refractivity contribution in [1.82, 2.24) is 9.97 Å². The molecule has 0 radical (unpaired) electrons. The van der Waals surface area contributed by atoms with E-state index in [0.29, 0.717) is 6.61 Å². The Bertz CT molecular complexity index is 470. The zero-order valence-corrected chi connectivity index (χ0v) is 10.6. The third-order valence-electron chi connectivity index (χ3n) is 2.71. The largest absolute Gasteiger partial charge is 0.372 e. The molecule has 0 aliphatic rings. The summed E-state index contributed by atoms with van der Waals surface area (Å²) in [6.07, 6.45) is 3.48. The van der Waals surface area contributed by atoms with Crippen LogP contribution in [0.5, 0.6) is 0 Å². The molecule has 94 valence electrons. The number of ether oxygens (including phenoxy) is 1. The van der Waals surface area contributed by atoms with Crippen molar-refractivity contribution in [2.75, 3.05) is 12.4 Å². The standard InChI is InChI=1S/C14H17N3O/c1-11(12-6-4-3-5-7-12)18-10-13-8-17-14(15-2)9-16-13/h3-9,11H,10H2,1-2H3,(H,15,17). The minimum Gasteiger partial charge on any atom is -0.372 e. The van der Waals surface area contributed by atoms with Crippen molar-refractivity contribution >= 4 is 5.82 Å². The molecule has 0 saturated heterocycles. The van der Waals surface area contributed by atoms with E-state index in [1.807, 2.05) is 32.2 Å². The zero-order chi connectivity index (χ0) is 12.8. The summed E-state index contributed by atoms with van der Waals surface area (Å²) < 4.78 is 5.76. The summed E-state index contributed by atoms with van der Waals surface area (Å²) >= 11 is 0. The third-order valence-corrected chi connectivity index (χ3v) is 2.71. The highest BCUT2D eigenvalue weighted by molar-refractivity contribution is 5.29. The van der Waals surface area contributed by atoms with Gasteiger partial charge < -0.3 is 10.1 Å². The number of nitrogens with one attached hydrogen (secondary N) is 1. The molecule has 2 rings (SSSR count). The average Bonchev–Trinajstić information content (AvgIpc) is 2.46. The number of hydrogen-bond donors (Lipinski definition) is 1. The van der Waals surface area contributed by atoms with Crippen LogP contribution in [0.15, 0.2) is 42.7 Å². The first-order valence-corrected chi connectivity index (χ1v) is 5.95. The molecule has 18 heavy (non-hydrogen) atoms. The molecular formula is C14H17N3O. The molecule has 1 atom stereocenters. The van der Waals surface area contributed by atoms with Crippen LogP contribution >= 0.6 is 0 Å². The molecule has 0 spiro atoms. The first kappa shape index (κ1) is 12.5. The van der Waals surface area contributed by atoms with Crippen molar-refractivity contribution < 1.29 is 4.74 Å². The molecule has 0 bridgehead atoms. The minimum absolute atomic E-state index is 0.0528. The Morgan fingerprint density at radius 2 is 1.94 bits per heavy atom. The van der Waals surface area contributed by atoms with Gasteiger partial charge in [0.25, 0.3) is 0 Å². The van der Waals surface area contributed by atoms with Gasteiger partial charge >= 0.3 is 0 Å². The fraction of sp³-hybridized carbons (Fsp3) is 0.286. The molecule has 1 unspecified atom stereocenters. The van der Waals surface area contributed by atoms with Crippen LogP contribution in [-0.4, -0.2) is 17.0 Å². The van der Waals surface area contributed by atoms with E-state index in [-0.39, 0.29) is 6.10 Å². The first-order chi connectivity index (χ1) is 8.79. The summed E-state index contributed by atoms with van der Waals surface area (Å²) in [5, 5.41) is 2.93. The fourth-order valence-electron chi connectivity index (χ4n) is 1.59. The Morgan fingerprint density at radius 1 is 1.17 bits per heavy atom. The van der Waals surface area contributed by atoms with Gasteiger partial charge in [0.05, 0.1) is 30.8 Å². The molecule has 1 aromatic carbocycles. The molecule has 1 aromatic heterocycles. The van der Waals surface area contributed by atoms with Crippen LogP contribution in [0.1, 0.15) is 24.3 Å². The molecule has 0 fully saturated rings. The van der Waals surface area contributed by atoms with Crippen molar-refractivity contribution in [1.29, 1.82) is 0 Å². The van der Waals surface area contributed by atoms with Crippen LogP contribution in [0.4, 0.5) is 5.82 Å². The maximum absolute atomic E-state index is 5.76. The molecule has 4 heteroatoms. The normalized spacial score (nSPS) is 12.1. The van der Waals surface area contributed by atoms with Gasteiger partial charge in [-0.05, 0) is 12.5 Å². The van der Waals surface area contributed by atoms with Gasteiger partial charge in [-0.1, -0.05) is 30.3 Å². The van der Waals surface area contributed by atoms with Crippen LogP contribution < -0.4 is 5.32 Å². The highest BCUT2D eigenvalue weighted by Gasteiger charge is 2.05. The Hall–Kier alpha value is -1.94. The van der Waals surface area contributed by atoms with Gasteiger partial charge in [-0.2, -0.15) is 0 Å². The number of aromatic nitrogens is 2. The van der Waals surface area contributed by atoms with E-state index in [4.69, 9.17) is 4.74 Å². The van der Waals surface area contributed by atoms with Crippen LogP contribution in [0.3, 0.4) is 0 Å². The van der Waals surface area contributed by atoms with Crippen molar-refractivity contribution in [3.8, 4) is 0 Å². The second-order valence-corrected chi connectivity index (χ2v) is 4.01. The molecule has 4 nitrogen and oxygen atoms in total. The number of anilines is 1. The lowest BCUT2D eigenvalue weighted by Gasteiger charge is -2.12. The number of benzene rings is 1. The van der Waals surface area contributed by atoms with Crippen LogP contribution in [-0.2, 0) is 11.3 Å². The Morgan fingerprint density at radius 3 is 2.56 bits per heavy atom. The smallest absolute Gasteiger partial charge is 0.144 e. The summed E-state index contributed by atoms with van der Waals surface area (Å²) in [5.41, 5.74) is 1.99. The van der Waals surface area contributed by atoms with Crippen LogP contribution in [0.2, 0.25) is 0 Å². The summed E-state index contributed by atoms with van der Waals surface area (Å²) in [6, 6.07) is 10.1. The maximum atomic E-state index is 5.76. The van der Waals surface area contributed by atoms with Crippen molar-refractivity contribution in [2.24, 2.45) is 0 Å². The summed E-state index contributed by atoms with van der Waals surface area (Å²) in [4.78, 5) is 8.46. The fourth-order valence-corrected chi connectivity index (χ4v) is 1.59. The lowest BCUT2D eigenvalue weighted by Crippen LogP contribution is -2.03. The van der Waals surface area contributed by atoms with E-state index in [1.54, 1.807) is 12.4 Å². The maximum Gasteiger partial charge on any atom is 0.144 e. The molecule has 0 aliphatic heterocycles. The van der Waals surface area contributed by atoms with Gasteiger partial charge in [-0.25, -0.2) is 4.98 Å². The van der Waals surface area contributed by atoms with Crippen LogP contribution in [0, 0.1) is 0 Å². The lowest BCUT2D eigenvalue weighted by atomic mass is 10.1. The van der Waals surface area contributed by atoms with E-state index < -0.39 is 0 Å². The first-order valence-electron chi connectivity index (χ1n) is 5.95. The van der Waals surface area contributed by atoms with Crippen molar-refractivity contribution in [3.05, 3.63) is 54.0 Å². The van der Waals surface area contributed by atoms with Crippen molar-refractivity contribution in [2.45, 2.75) is 19.6 Å². The Labute approximate surface area is 107 Å². The molecule has 0 amide bonds. The predicted molar refractivity (Wildman–Crippen MR) is 71.2 cm³/mol. The van der Waals surface area contributed by atoms with Crippen LogP contribution in [0.25, 0.3) is 0 Å². The van der Waals surface area contributed by atoms with Gasteiger partial charge in [0, 0.05) is 7.05 Å². The second kappa shape index (κ2) is 6.12. The van der Waals surface area contributed by atoms with E-state index in [1.165, 1.54) is 0 Å². The van der Waals surface area contributed by atoms with E-state index in [9.17, 15) is 0 Å². The highest BCUT2D eigenvalue weighted by atomic mass is 16.5. The van der Waals surface area contributed by atoms with Gasteiger partial charge in [0.2, 0.25) is 0 Å². The minimum atomic E-state index is 0.0528. The molecule has 0 aliphatic carbocycles. The summed E-state index contributed by atoms with van der Waals surface area (Å²) in [6.45, 7) is 2.50. The predicted octanol–water partition coefficient (Wildman–Crippen LogP) is 2.80. The van der Waals surface area contributed by atoms with E-state index >= 15 is 0 Å². The lowest BCUT2D eigenvalue weighted by molar-refractivity contribution is 0.0504. The van der Waals surface area contributed by atoms with Crippen molar-refractivity contribution in [3.63, 3.8) is 0 Å². The second-order valence-electron chi connectivity index (χ2n) is 4.01. The molecular weight excluding hydrogens is 226 g/mol. The van der Waals surface area contributed by atoms with Gasteiger partial charge in [0.15, 0.2) is 0 Å². The number of nitrogens with zero attached hydrogens (tertiary/aromatic N) is 2.